The number of imide groups is 1. The number of carbonyl (C=O) groups is 5. The molecule has 0 saturated carbocycles. The van der Waals surface area contributed by atoms with Crippen LogP contribution < -0.4 is 5.32 Å². The second-order valence-corrected chi connectivity index (χ2v) is 8.18. The highest BCUT2D eigenvalue weighted by Crippen LogP contribution is 2.25. The van der Waals surface area contributed by atoms with Crippen molar-refractivity contribution in [3.05, 3.63) is 100 Å². The largest absolute Gasteiger partial charge is 0.454 e. The molecule has 9 heteroatoms. The molecular formula is C26H19ClN2O6. The molecule has 1 unspecified atom stereocenters. The van der Waals surface area contributed by atoms with Crippen LogP contribution in [0.2, 0.25) is 5.02 Å². The van der Waals surface area contributed by atoms with Crippen LogP contribution >= 0.6 is 11.6 Å². The van der Waals surface area contributed by atoms with Crippen LogP contribution in [0.3, 0.4) is 0 Å². The van der Waals surface area contributed by atoms with Gasteiger partial charge in [-0.3, -0.25) is 24.1 Å². The van der Waals surface area contributed by atoms with Gasteiger partial charge >= 0.3 is 5.97 Å². The second-order valence-electron chi connectivity index (χ2n) is 7.74. The number of amides is 3. The van der Waals surface area contributed by atoms with Gasteiger partial charge < -0.3 is 10.1 Å². The molecule has 1 aliphatic rings. The van der Waals surface area contributed by atoms with E-state index in [1.54, 1.807) is 42.5 Å². The van der Waals surface area contributed by atoms with Crippen LogP contribution in [0.15, 0.2) is 72.8 Å². The van der Waals surface area contributed by atoms with Gasteiger partial charge in [-0.15, -0.1) is 0 Å². The van der Waals surface area contributed by atoms with E-state index in [9.17, 15) is 24.0 Å². The smallest absolute Gasteiger partial charge is 0.329 e. The lowest BCUT2D eigenvalue weighted by atomic mass is 10.0. The van der Waals surface area contributed by atoms with Gasteiger partial charge in [-0.1, -0.05) is 54.1 Å². The number of anilines is 1. The van der Waals surface area contributed by atoms with Crippen LogP contribution in [0, 0.1) is 0 Å². The summed E-state index contributed by atoms with van der Waals surface area (Å²) >= 11 is 6.05. The fourth-order valence-corrected chi connectivity index (χ4v) is 3.84. The van der Waals surface area contributed by atoms with Gasteiger partial charge in [-0.25, -0.2) is 4.79 Å². The molecule has 1 N–H and O–H groups in total. The first kappa shape index (κ1) is 23.8. The lowest BCUT2D eigenvalue weighted by molar-refractivity contribution is -0.150. The summed E-state index contributed by atoms with van der Waals surface area (Å²) in [6.07, 6.45) is 0. The summed E-state index contributed by atoms with van der Waals surface area (Å²) in [7, 11) is 0. The van der Waals surface area contributed by atoms with Crippen molar-refractivity contribution in [1.82, 2.24) is 4.90 Å². The summed E-state index contributed by atoms with van der Waals surface area (Å²) in [4.78, 5) is 63.8. The number of fused-ring (bicyclic) bond motifs is 1. The van der Waals surface area contributed by atoms with E-state index in [2.05, 4.69) is 5.32 Å². The number of ketones is 1. The lowest BCUT2D eigenvalue weighted by Gasteiger charge is -2.20. The first-order valence-electron chi connectivity index (χ1n) is 10.6. The van der Waals surface area contributed by atoms with Crippen molar-refractivity contribution in [3.63, 3.8) is 0 Å². The predicted molar refractivity (Wildman–Crippen MR) is 127 cm³/mol. The minimum absolute atomic E-state index is 0.169. The van der Waals surface area contributed by atoms with E-state index in [0.29, 0.717) is 10.6 Å². The highest BCUT2D eigenvalue weighted by atomic mass is 35.5. The Morgan fingerprint density at radius 2 is 1.51 bits per heavy atom. The van der Waals surface area contributed by atoms with Crippen LogP contribution in [0.25, 0.3) is 0 Å². The quantitative estimate of drug-likeness (QED) is 0.307. The molecule has 35 heavy (non-hydrogen) atoms. The Bertz CT molecular complexity index is 1320. The SMILES string of the molecule is CC(C(=O)OCC(=O)Nc1ccc(Cl)cc1C(=O)c1ccccc1)N1C(=O)c2ccccc2C1=O. The van der Waals surface area contributed by atoms with E-state index < -0.39 is 36.3 Å². The number of esters is 1. The molecule has 3 aromatic carbocycles. The van der Waals surface area contributed by atoms with E-state index in [1.807, 2.05) is 0 Å². The Labute approximate surface area is 205 Å². The molecule has 0 aliphatic carbocycles. The van der Waals surface area contributed by atoms with Gasteiger partial charge in [0.25, 0.3) is 17.7 Å². The maximum absolute atomic E-state index is 12.9. The van der Waals surface area contributed by atoms with Crippen molar-refractivity contribution in [2.75, 3.05) is 11.9 Å². The number of nitrogens with one attached hydrogen (secondary N) is 1. The molecule has 3 aromatic rings. The molecule has 1 aliphatic heterocycles. The van der Waals surface area contributed by atoms with E-state index >= 15 is 0 Å². The maximum Gasteiger partial charge on any atom is 0.329 e. The summed E-state index contributed by atoms with van der Waals surface area (Å²) in [5, 5.41) is 2.85. The van der Waals surface area contributed by atoms with E-state index in [-0.39, 0.29) is 28.2 Å². The monoisotopic (exact) mass is 490 g/mol. The van der Waals surface area contributed by atoms with Crippen LogP contribution in [0.1, 0.15) is 43.6 Å². The number of carbonyl (C=O) groups excluding carboxylic acids is 5. The average Bonchev–Trinajstić information content (AvgIpc) is 3.13. The standard InChI is InChI=1S/C26H19ClN2O6/c1-15(29-24(32)18-9-5-6-10-19(18)25(29)33)26(34)35-14-22(30)28-21-12-11-17(27)13-20(21)23(31)16-7-3-2-4-8-16/h2-13,15H,14H2,1H3,(H,28,30). The Morgan fingerprint density at radius 3 is 2.14 bits per heavy atom. The Morgan fingerprint density at radius 1 is 0.914 bits per heavy atom. The van der Waals surface area contributed by atoms with Crippen molar-refractivity contribution in [3.8, 4) is 0 Å². The molecule has 8 nitrogen and oxygen atoms in total. The summed E-state index contributed by atoms with van der Waals surface area (Å²) in [6, 6.07) is 17.9. The first-order valence-corrected chi connectivity index (χ1v) is 11.0. The number of benzene rings is 3. The van der Waals surface area contributed by atoms with Crippen molar-refractivity contribution >= 4 is 46.8 Å². The Kier molecular flexibility index (Phi) is 6.75. The molecule has 0 bridgehead atoms. The van der Waals surface area contributed by atoms with Crippen molar-refractivity contribution in [2.45, 2.75) is 13.0 Å². The normalized spacial score (nSPS) is 13.3. The molecule has 0 spiro atoms. The molecule has 3 amide bonds. The van der Waals surface area contributed by atoms with Crippen LogP contribution in [0.4, 0.5) is 5.69 Å². The number of rotatable bonds is 7. The summed E-state index contributed by atoms with van der Waals surface area (Å²) in [6.45, 7) is 0.658. The number of ether oxygens (including phenoxy) is 1. The Hall–Kier alpha value is -4.30. The molecule has 0 saturated heterocycles. The molecular weight excluding hydrogens is 472 g/mol. The fraction of sp³-hybridized carbons (Fsp3) is 0.115. The maximum atomic E-state index is 12.9. The minimum Gasteiger partial charge on any atom is -0.454 e. The number of nitrogens with zero attached hydrogens (tertiary/aromatic N) is 1. The van der Waals surface area contributed by atoms with Gasteiger partial charge in [0.2, 0.25) is 0 Å². The third-order valence-corrected chi connectivity index (χ3v) is 5.67. The van der Waals surface area contributed by atoms with Gasteiger partial charge in [0, 0.05) is 16.1 Å². The van der Waals surface area contributed by atoms with Gasteiger partial charge in [0.15, 0.2) is 12.4 Å². The third kappa shape index (κ3) is 4.83. The van der Waals surface area contributed by atoms with Crippen molar-refractivity contribution in [1.29, 1.82) is 0 Å². The lowest BCUT2D eigenvalue weighted by Crippen LogP contribution is -2.44. The van der Waals surface area contributed by atoms with Crippen LogP contribution in [-0.4, -0.2) is 47.0 Å². The van der Waals surface area contributed by atoms with Crippen LogP contribution in [0.5, 0.6) is 0 Å². The molecule has 0 aromatic heterocycles. The van der Waals surface area contributed by atoms with Crippen LogP contribution in [-0.2, 0) is 14.3 Å². The van der Waals surface area contributed by atoms with Gasteiger partial charge in [-0.05, 0) is 37.3 Å². The summed E-state index contributed by atoms with van der Waals surface area (Å²) in [5.41, 5.74) is 1.17. The Balaban J connectivity index is 1.41. The predicted octanol–water partition coefficient (Wildman–Crippen LogP) is 3.74. The minimum atomic E-state index is -1.24. The van der Waals surface area contributed by atoms with Crippen molar-refractivity contribution in [2.24, 2.45) is 0 Å². The fourth-order valence-electron chi connectivity index (χ4n) is 3.67. The second kappa shape index (κ2) is 9.90. The molecule has 4 rings (SSSR count). The van der Waals surface area contributed by atoms with Gasteiger partial charge in [0.1, 0.15) is 6.04 Å². The average molecular weight is 491 g/mol. The van der Waals surface area contributed by atoms with Gasteiger partial charge in [0.05, 0.1) is 16.8 Å². The number of hydrogen-bond donors (Lipinski definition) is 1. The molecule has 176 valence electrons. The molecule has 1 heterocycles. The number of hydrogen-bond acceptors (Lipinski definition) is 6. The first-order chi connectivity index (χ1) is 16.8. The summed E-state index contributed by atoms with van der Waals surface area (Å²) < 4.78 is 5.05. The molecule has 1 atom stereocenters. The summed E-state index contributed by atoms with van der Waals surface area (Å²) in [5.74, 6) is -3.20. The van der Waals surface area contributed by atoms with Crippen molar-refractivity contribution < 1.29 is 28.7 Å². The highest BCUT2D eigenvalue weighted by molar-refractivity contribution is 6.31. The zero-order valence-corrected chi connectivity index (χ0v) is 19.2. The van der Waals surface area contributed by atoms with E-state index in [1.165, 1.54) is 37.3 Å². The molecule has 0 radical (unpaired) electrons. The zero-order chi connectivity index (χ0) is 25.1. The van der Waals surface area contributed by atoms with E-state index in [0.717, 1.165) is 4.90 Å². The topological polar surface area (TPSA) is 110 Å². The third-order valence-electron chi connectivity index (χ3n) is 5.44. The molecule has 0 fully saturated rings. The zero-order valence-electron chi connectivity index (χ0n) is 18.5. The number of halogens is 1. The highest BCUT2D eigenvalue weighted by Gasteiger charge is 2.41. The van der Waals surface area contributed by atoms with Gasteiger partial charge in [-0.2, -0.15) is 0 Å². The van der Waals surface area contributed by atoms with E-state index in [4.69, 9.17) is 16.3 Å².